The van der Waals surface area contributed by atoms with Gasteiger partial charge in [-0.2, -0.15) is 0 Å². The highest BCUT2D eigenvalue weighted by Gasteiger charge is 2.03. The van der Waals surface area contributed by atoms with Crippen LogP contribution in [-0.4, -0.2) is 22.2 Å². The lowest BCUT2D eigenvalue weighted by molar-refractivity contribution is 0.414. The van der Waals surface area contributed by atoms with E-state index in [1.54, 1.807) is 7.11 Å². The summed E-state index contributed by atoms with van der Waals surface area (Å²) >= 11 is 5.29. The van der Waals surface area contributed by atoms with Crippen LogP contribution in [0.4, 0.5) is 0 Å². The second-order valence-corrected chi connectivity index (χ2v) is 5.49. The molecule has 0 atom stereocenters. The number of hydrogen-bond acceptors (Lipinski definition) is 3. The minimum absolute atomic E-state index is 0.559. The molecule has 0 aliphatic carbocycles. The highest BCUT2D eigenvalue weighted by Crippen LogP contribution is 2.11. The lowest BCUT2D eigenvalue weighted by Crippen LogP contribution is -2.34. The molecule has 0 amide bonds. The number of hydrogen-bond donors (Lipinski definition) is 3. The number of thiocarbonyl (C=S) groups is 1. The zero-order valence-electron chi connectivity index (χ0n) is 12.8. The lowest BCUT2D eigenvalue weighted by Gasteiger charge is -2.10. The molecular weight excluding hydrogens is 308 g/mol. The summed E-state index contributed by atoms with van der Waals surface area (Å²) in [6.45, 7) is 1.22. The maximum absolute atomic E-state index is 5.29. The van der Waals surface area contributed by atoms with Gasteiger partial charge >= 0.3 is 0 Å². The van der Waals surface area contributed by atoms with Gasteiger partial charge in [0.05, 0.1) is 24.7 Å². The average Bonchev–Trinajstić information content (AvgIpc) is 3.01. The van der Waals surface area contributed by atoms with E-state index in [0.717, 1.165) is 28.2 Å². The van der Waals surface area contributed by atoms with Gasteiger partial charge in [-0.1, -0.05) is 24.3 Å². The lowest BCUT2D eigenvalue weighted by atomic mass is 10.2. The second-order valence-electron chi connectivity index (χ2n) is 5.08. The number of nitrogens with one attached hydrogen (secondary N) is 3. The number of aromatic nitrogens is 2. The number of fused-ring (bicyclic) bond motifs is 1. The van der Waals surface area contributed by atoms with Crippen LogP contribution in [0, 0.1) is 0 Å². The molecule has 118 valence electrons. The normalized spacial score (nSPS) is 10.5. The van der Waals surface area contributed by atoms with Gasteiger partial charge in [0.15, 0.2) is 5.11 Å². The maximum Gasteiger partial charge on any atom is 0.166 e. The van der Waals surface area contributed by atoms with E-state index in [1.165, 1.54) is 0 Å². The van der Waals surface area contributed by atoms with E-state index >= 15 is 0 Å². The first-order valence-corrected chi connectivity index (χ1v) is 7.73. The Kier molecular flexibility index (Phi) is 4.73. The molecule has 0 unspecified atom stereocenters. The zero-order valence-corrected chi connectivity index (χ0v) is 13.6. The van der Waals surface area contributed by atoms with Gasteiger partial charge in [0.2, 0.25) is 0 Å². The fourth-order valence-corrected chi connectivity index (χ4v) is 2.39. The van der Waals surface area contributed by atoms with Crippen molar-refractivity contribution in [2.75, 3.05) is 7.11 Å². The number of para-hydroxylation sites is 2. The van der Waals surface area contributed by atoms with Crippen molar-refractivity contribution in [2.24, 2.45) is 0 Å². The number of aromatic amines is 1. The van der Waals surface area contributed by atoms with Crippen molar-refractivity contribution in [1.29, 1.82) is 0 Å². The van der Waals surface area contributed by atoms with Gasteiger partial charge in [-0.25, -0.2) is 4.98 Å². The third-order valence-electron chi connectivity index (χ3n) is 3.47. The summed E-state index contributed by atoms with van der Waals surface area (Å²) in [6.07, 6.45) is 0. The van der Waals surface area contributed by atoms with E-state index in [0.29, 0.717) is 18.2 Å². The predicted octanol–water partition coefficient (Wildman–Crippen LogP) is 2.74. The van der Waals surface area contributed by atoms with Gasteiger partial charge in [0.1, 0.15) is 11.6 Å². The molecule has 1 aromatic heterocycles. The SMILES string of the molecule is COc1ccc(CNC(=S)NCc2nc3ccccc3[nH]2)cc1. The summed E-state index contributed by atoms with van der Waals surface area (Å²) in [6, 6.07) is 15.8. The Bertz CT molecular complexity index is 765. The number of rotatable bonds is 5. The molecule has 0 bridgehead atoms. The first kappa shape index (κ1) is 15.3. The molecule has 2 aromatic carbocycles. The summed E-state index contributed by atoms with van der Waals surface area (Å²) in [5, 5.41) is 6.93. The third-order valence-corrected chi connectivity index (χ3v) is 3.76. The minimum atomic E-state index is 0.559. The standard InChI is InChI=1S/C17H18N4OS/c1-22-13-8-6-12(7-9-13)10-18-17(23)19-11-16-20-14-4-2-3-5-15(14)21-16/h2-9H,10-11H2,1H3,(H,20,21)(H2,18,19,23). The van der Waals surface area contributed by atoms with Crippen LogP contribution in [0.15, 0.2) is 48.5 Å². The topological polar surface area (TPSA) is 62.0 Å². The molecule has 23 heavy (non-hydrogen) atoms. The molecule has 6 heteroatoms. The second kappa shape index (κ2) is 7.11. The van der Waals surface area contributed by atoms with E-state index in [4.69, 9.17) is 17.0 Å². The van der Waals surface area contributed by atoms with Crippen LogP contribution in [-0.2, 0) is 13.1 Å². The fourth-order valence-electron chi connectivity index (χ4n) is 2.24. The number of imidazole rings is 1. The summed E-state index contributed by atoms with van der Waals surface area (Å²) in [5.41, 5.74) is 3.13. The quantitative estimate of drug-likeness (QED) is 0.629. The molecule has 1 heterocycles. The van der Waals surface area contributed by atoms with Crippen molar-refractivity contribution in [1.82, 2.24) is 20.6 Å². The van der Waals surface area contributed by atoms with Crippen LogP contribution >= 0.6 is 12.2 Å². The van der Waals surface area contributed by atoms with E-state index in [-0.39, 0.29) is 0 Å². The van der Waals surface area contributed by atoms with Gasteiger partial charge in [0, 0.05) is 6.54 Å². The Morgan fingerprint density at radius 1 is 1.09 bits per heavy atom. The number of benzene rings is 2. The van der Waals surface area contributed by atoms with Crippen molar-refractivity contribution in [2.45, 2.75) is 13.1 Å². The van der Waals surface area contributed by atoms with Crippen LogP contribution in [0.2, 0.25) is 0 Å². The molecule has 0 aliphatic heterocycles. The van der Waals surface area contributed by atoms with Gasteiger partial charge in [-0.15, -0.1) is 0 Å². The van der Waals surface area contributed by atoms with Crippen molar-refractivity contribution in [3.05, 3.63) is 59.9 Å². The van der Waals surface area contributed by atoms with Crippen molar-refractivity contribution in [3.63, 3.8) is 0 Å². The molecule has 0 saturated heterocycles. The molecule has 0 fully saturated rings. The van der Waals surface area contributed by atoms with E-state index < -0.39 is 0 Å². The molecule has 3 aromatic rings. The number of ether oxygens (including phenoxy) is 1. The Balaban J connectivity index is 1.49. The highest BCUT2D eigenvalue weighted by atomic mass is 32.1. The van der Waals surface area contributed by atoms with Crippen molar-refractivity contribution in [3.8, 4) is 5.75 Å². The van der Waals surface area contributed by atoms with E-state index in [9.17, 15) is 0 Å². The van der Waals surface area contributed by atoms with Crippen molar-refractivity contribution >= 4 is 28.4 Å². The largest absolute Gasteiger partial charge is 0.497 e. The molecule has 0 radical (unpaired) electrons. The van der Waals surface area contributed by atoms with E-state index in [1.807, 2.05) is 48.5 Å². The minimum Gasteiger partial charge on any atom is -0.497 e. The smallest absolute Gasteiger partial charge is 0.166 e. The summed E-state index contributed by atoms with van der Waals surface area (Å²) < 4.78 is 5.14. The van der Waals surface area contributed by atoms with Gasteiger partial charge < -0.3 is 20.4 Å². The highest BCUT2D eigenvalue weighted by molar-refractivity contribution is 7.80. The Morgan fingerprint density at radius 2 is 1.83 bits per heavy atom. The van der Waals surface area contributed by atoms with Crippen LogP contribution in [0.25, 0.3) is 11.0 Å². The molecule has 3 rings (SSSR count). The van der Waals surface area contributed by atoms with Crippen LogP contribution in [0.5, 0.6) is 5.75 Å². The first-order chi connectivity index (χ1) is 11.2. The molecule has 0 aliphatic rings. The van der Waals surface area contributed by atoms with Crippen LogP contribution in [0.3, 0.4) is 0 Å². The Morgan fingerprint density at radius 3 is 2.57 bits per heavy atom. The van der Waals surface area contributed by atoms with Crippen LogP contribution < -0.4 is 15.4 Å². The molecular formula is C17H18N4OS. The van der Waals surface area contributed by atoms with Gasteiger partial charge in [-0.05, 0) is 42.0 Å². The number of nitrogens with zero attached hydrogens (tertiary/aromatic N) is 1. The maximum atomic E-state index is 5.29. The summed E-state index contributed by atoms with van der Waals surface area (Å²) in [4.78, 5) is 7.77. The van der Waals surface area contributed by atoms with Gasteiger partial charge in [-0.3, -0.25) is 0 Å². The van der Waals surface area contributed by atoms with Crippen LogP contribution in [0.1, 0.15) is 11.4 Å². The monoisotopic (exact) mass is 326 g/mol. The fraction of sp³-hybridized carbons (Fsp3) is 0.176. The summed E-state index contributed by atoms with van der Waals surface area (Å²) in [7, 11) is 1.66. The van der Waals surface area contributed by atoms with E-state index in [2.05, 4.69) is 20.6 Å². The Hall–Kier alpha value is -2.60. The zero-order chi connectivity index (χ0) is 16.1. The summed E-state index contributed by atoms with van der Waals surface area (Å²) in [5.74, 6) is 1.71. The van der Waals surface area contributed by atoms with Gasteiger partial charge in [0.25, 0.3) is 0 Å². The molecule has 0 saturated carbocycles. The van der Waals surface area contributed by atoms with Crippen molar-refractivity contribution < 1.29 is 4.74 Å². The molecule has 3 N–H and O–H groups in total. The number of methoxy groups -OCH3 is 1. The Labute approximate surface area is 140 Å². The number of H-pyrrole nitrogens is 1. The predicted molar refractivity (Wildman–Crippen MR) is 95.4 cm³/mol. The molecule has 0 spiro atoms. The third kappa shape index (κ3) is 3.98. The average molecular weight is 326 g/mol. The molecule has 5 nitrogen and oxygen atoms in total. The first-order valence-electron chi connectivity index (χ1n) is 7.33.